The molecule has 0 atom stereocenters. The number of nitrogens with one attached hydrogen (secondary N) is 1. The normalized spacial score (nSPS) is 11.1. The summed E-state index contributed by atoms with van der Waals surface area (Å²) in [5.74, 6) is -0.171. The van der Waals surface area contributed by atoms with Gasteiger partial charge in [-0.1, -0.05) is 23.8 Å². The third-order valence-corrected chi connectivity index (χ3v) is 3.66. The summed E-state index contributed by atoms with van der Waals surface area (Å²) < 4.78 is 0. The Hall–Kier alpha value is -3.21. The molecule has 24 heavy (non-hydrogen) atoms. The van der Waals surface area contributed by atoms with Gasteiger partial charge in [-0.2, -0.15) is 5.10 Å². The second-order valence-electron chi connectivity index (χ2n) is 5.61. The van der Waals surface area contributed by atoms with E-state index in [0.29, 0.717) is 16.8 Å². The molecule has 3 aromatic rings. The molecule has 0 unspecified atom stereocenters. The molecule has 0 spiro atoms. The molecule has 0 bridgehead atoms. The zero-order chi connectivity index (χ0) is 17.1. The van der Waals surface area contributed by atoms with Crippen molar-refractivity contribution in [2.24, 2.45) is 5.10 Å². The number of carbonyl (C=O) groups is 1. The largest absolute Gasteiger partial charge is 0.508 e. The number of amides is 1. The minimum Gasteiger partial charge on any atom is -0.508 e. The Morgan fingerprint density at radius 1 is 1.17 bits per heavy atom. The fraction of sp³-hybridized carbons (Fsp3) is 0.105. The Labute approximate surface area is 139 Å². The molecule has 5 heteroatoms. The summed E-state index contributed by atoms with van der Waals surface area (Å²) in [6.45, 7) is 3.80. The molecule has 5 nitrogen and oxygen atoms in total. The van der Waals surface area contributed by atoms with E-state index in [-0.39, 0.29) is 11.7 Å². The third-order valence-electron chi connectivity index (χ3n) is 3.66. The number of hydrazone groups is 1. The number of fused-ring (bicyclic) bond motifs is 1. The van der Waals surface area contributed by atoms with Gasteiger partial charge in [-0.05, 0) is 49.7 Å². The fourth-order valence-electron chi connectivity index (χ4n) is 2.45. The van der Waals surface area contributed by atoms with Crippen LogP contribution in [0, 0.1) is 13.8 Å². The number of nitrogens with zero attached hydrogens (tertiary/aromatic N) is 2. The van der Waals surface area contributed by atoms with Crippen LogP contribution < -0.4 is 5.43 Å². The number of aromatic hydroxyl groups is 1. The Morgan fingerprint density at radius 2 is 2.00 bits per heavy atom. The van der Waals surface area contributed by atoms with Gasteiger partial charge in [0.25, 0.3) is 5.91 Å². The van der Waals surface area contributed by atoms with Crippen LogP contribution >= 0.6 is 0 Å². The first-order valence-electron chi connectivity index (χ1n) is 7.53. The van der Waals surface area contributed by atoms with Crippen molar-refractivity contribution in [1.82, 2.24) is 10.4 Å². The van der Waals surface area contributed by atoms with Crippen LogP contribution in [0.4, 0.5) is 0 Å². The van der Waals surface area contributed by atoms with Crippen LogP contribution in [-0.4, -0.2) is 22.2 Å². The maximum atomic E-state index is 12.3. The third kappa shape index (κ3) is 3.41. The topological polar surface area (TPSA) is 74.6 Å². The van der Waals surface area contributed by atoms with Crippen LogP contribution in [0.15, 0.2) is 53.6 Å². The van der Waals surface area contributed by atoms with Crippen molar-refractivity contribution in [2.75, 3.05) is 0 Å². The highest BCUT2D eigenvalue weighted by atomic mass is 16.3. The maximum absolute atomic E-state index is 12.3. The first-order valence-corrected chi connectivity index (χ1v) is 7.53. The first-order chi connectivity index (χ1) is 11.5. The molecule has 0 aliphatic rings. The highest BCUT2D eigenvalue weighted by Gasteiger charge is 2.11. The smallest absolute Gasteiger partial charge is 0.273 e. The van der Waals surface area contributed by atoms with E-state index in [0.717, 1.165) is 16.5 Å². The quantitative estimate of drug-likeness (QED) is 0.574. The summed E-state index contributed by atoms with van der Waals surface area (Å²) in [5.41, 5.74) is 6.30. The van der Waals surface area contributed by atoms with Crippen LogP contribution in [0.3, 0.4) is 0 Å². The van der Waals surface area contributed by atoms with Gasteiger partial charge in [-0.25, -0.2) is 5.43 Å². The molecule has 2 aromatic carbocycles. The van der Waals surface area contributed by atoms with Crippen molar-refractivity contribution in [2.45, 2.75) is 13.8 Å². The van der Waals surface area contributed by atoms with Gasteiger partial charge in [0.15, 0.2) is 0 Å². The van der Waals surface area contributed by atoms with Gasteiger partial charge in [0.2, 0.25) is 0 Å². The van der Waals surface area contributed by atoms with Crippen LogP contribution in [-0.2, 0) is 0 Å². The number of phenols is 1. The number of aromatic nitrogens is 1. The standard InChI is InChI=1S/C19H17N3O2/c1-12-6-7-18-15(8-12)10-17(13(2)21-18)19(24)22-20-11-14-4-3-5-16(23)9-14/h3-11,23H,1-2H3,(H,22,24)/b20-11+. The average molecular weight is 319 g/mol. The van der Waals surface area contributed by atoms with E-state index < -0.39 is 0 Å². The molecule has 1 heterocycles. The Morgan fingerprint density at radius 3 is 2.79 bits per heavy atom. The summed E-state index contributed by atoms with van der Waals surface area (Å²) in [6.07, 6.45) is 1.48. The second kappa shape index (κ2) is 6.50. The molecule has 0 saturated heterocycles. The number of carbonyl (C=O) groups excluding carboxylic acids is 1. The van der Waals surface area contributed by atoms with Crippen molar-refractivity contribution in [3.8, 4) is 5.75 Å². The fourth-order valence-corrected chi connectivity index (χ4v) is 2.45. The van der Waals surface area contributed by atoms with E-state index in [4.69, 9.17) is 0 Å². The molecule has 0 fully saturated rings. The summed E-state index contributed by atoms with van der Waals surface area (Å²) >= 11 is 0. The molecule has 120 valence electrons. The van der Waals surface area contributed by atoms with E-state index in [9.17, 15) is 9.90 Å². The molecule has 1 amide bonds. The van der Waals surface area contributed by atoms with Gasteiger partial charge in [-0.3, -0.25) is 9.78 Å². The van der Waals surface area contributed by atoms with E-state index in [1.807, 2.05) is 31.2 Å². The molecule has 0 radical (unpaired) electrons. The van der Waals surface area contributed by atoms with Crippen molar-refractivity contribution in [3.63, 3.8) is 0 Å². The second-order valence-corrected chi connectivity index (χ2v) is 5.61. The highest BCUT2D eigenvalue weighted by molar-refractivity contribution is 5.99. The summed E-state index contributed by atoms with van der Waals surface area (Å²) in [4.78, 5) is 16.8. The molecule has 0 aliphatic carbocycles. The molecule has 1 aromatic heterocycles. The lowest BCUT2D eigenvalue weighted by Crippen LogP contribution is -2.19. The average Bonchev–Trinajstić information content (AvgIpc) is 2.54. The lowest BCUT2D eigenvalue weighted by Gasteiger charge is -2.07. The lowest BCUT2D eigenvalue weighted by atomic mass is 10.1. The predicted molar refractivity (Wildman–Crippen MR) is 94.4 cm³/mol. The van der Waals surface area contributed by atoms with E-state index in [2.05, 4.69) is 15.5 Å². The molecule has 0 saturated carbocycles. The molecule has 2 N–H and O–H groups in total. The molecule has 3 rings (SSSR count). The summed E-state index contributed by atoms with van der Waals surface area (Å²) in [7, 11) is 0. The van der Waals surface area contributed by atoms with Gasteiger partial charge in [0.1, 0.15) is 5.75 Å². The minimum atomic E-state index is -0.320. The van der Waals surface area contributed by atoms with Crippen molar-refractivity contribution in [3.05, 3.63) is 70.9 Å². The van der Waals surface area contributed by atoms with Crippen LogP contribution in [0.2, 0.25) is 0 Å². The van der Waals surface area contributed by atoms with Crippen LogP contribution in [0.25, 0.3) is 10.9 Å². The Kier molecular flexibility index (Phi) is 4.24. The number of pyridine rings is 1. The van der Waals surface area contributed by atoms with E-state index in [1.165, 1.54) is 6.21 Å². The molecule has 0 aliphatic heterocycles. The monoisotopic (exact) mass is 319 g/mol. The van der Waals surface area contributed by atoms with E-state index in [1.54, 1.807) is 31.2 Å². The number of hydrogen-bond acceptors (Lipinski definition) is 4. The van der Waals surface area contributed by atoms with Crippen molar-refractivity contribution < 1.29 is 9.90 Å². The van der Waals surface area contributed by atoms with Gasteiger partial charge >= 0.3 is 0 Å². The number of phenolic OH excluding ortho intramolecular Hbond substituents is 1. The van der Waals surface area contributed by atoms with Crippen LogP contribution in [0.1, 0.15) is 27.2 Å². The zero-order valence-electron chi connectivity index (χ0n) is 13.4. The predicted octanol–water partition coefficient (Wildman–Crippen LogP) is 3.32. The Balaban J connectivity index is 1.82. The number of aryl methyl sites for hydroxylation is 2. The summed E-state index contributed by atoms with van der Waals surface area (Å²) in [5, 5.41) is 14.3. The van der Waals surface area contributed by atoms with Gasteiger partial charge in [-0.15, -0.1) is 0 Å². The van der Waals surface area contributed by atoms with Crippen molar-refractivity contribution in [1.29, 1.82) is 0 Å². The van der Waals surface area contributed by atoms with Crippen LogP contribution in [0.5, 0.6) is 5.75 Å². The van der Waals surface area contributed by atoms with Gasteiger partial charge in [0.05, 0.1) is 23.0 Å². The lowest BCUT2D eigenvalue weighted by molar-refractivity contribution is 0.0954. The Bertz CT molecular complexity index is 948. The van der Waals surface area contributed by atoms with Gasteiger partial charge < -0.3 is 5.11 Å². The van der Waals surface area contributed by atoms with E-state index >= 15 is 0 Å². The molecular weight excluding hydrogens is 302 g/mol. The van der Waals surface area contributed by atoms with Gasteiger partial charge in [0, 0.05) is 5.39 Å². The van der Waals surface area contributed by atoms with Crippen molar-refractivity contribution >= 4 is 23.0 Å². The minimum absolute atomic E-state index is 0.148. The maximum Gasteiger partial charge on any atom is 0.273 e. The summed E-state index contributed by atoms with van der Waals surface area (Å²) in [6, 6.07) is 14.4. The number of benzene rings is 2. The number of hydrogen-bond donors (Lipinski definition) is 2. The SMILES string of the molecule is Cc1ccc2nc(C)c(C(=O)N/N=C/c3cccc(O)c3)cc2c1. The first kappa shape index (κ1) is 15.7. The molecular formula is C19H17N3O2. The highest BCUT2D eigenvalue weighted by Crippen LogP contribution is 2.18. The number of rotatable bonds is 3. The zero-order valence-corrected chi connectivity index (χ0v) is 13.4.